The summed E-state index contributed by atoms with van der Waals surface area (Å²) in [7, 11) is 0. The molecule has 0 fully saturated rings. The number of benzene rings is 3. The number of carbonyl (C=O) groups is 2. The quantitative estimate of drug-likeness (QED) is 0.0372. The Morgan fingerprint density at radius 2 is 0.821 bits per heavy atom. The van der Waals surface area contributed by atoms with Crippen molar-refractivity contribution in [3.63, 3.8) is 0 Å². The molecule has 0 aromatic heterocycles. The molecule has 67 heavy (non-hydrogen) atoms. The first-order valence-corrected chi connectivity index (χ1v) is 20.6. The van der Waals surface area contributed by atoms with Gasteiger partial charge in [0.25, 0.3) is 0 Å². The first kappa shape index (κ1) is 61.1. The summed E-state index contributed by atoms with van der Waals surface area (Å²) >= 11 is 11.7. The van der Waals surface area contributed by atoms with Crippen molar-refractivity contribution in [1.82, 2.24) is 21.3 Å². The van der Waals surface area contributed by atoms with Crippen LogP contribution in [0.15, 0.2) is 78.9 Å². The Morgan fingerprint density at radius 3 is 1.09 bits per heavy atom. The van der Waals surface area contributed by atoms with Crippen molar-refractivity contribution in [2.24, 2.45) is 0 Å². The standard InChI is InChI=1S/C22H30Cl2N10.2C6H12O7.C6H6O/c23-15-5-9-17(10-6-15)31-21(27)33-19(25)29-13-3-1-2-4-14-30-20(26)34-22(28)32-18-11-7-16(24)8-12-18;2*7-1-2(8)3(9)4(10)5(11)6(12)13;7-6-4-2-1-3-5-6/h5-12H,1-4,13-14H2,(H5,25,27,29,31,33)(H5,26,28,30,32,34);2*2-5,7-11H,1H2,(H,12,13);1-5,7H/t;2*2-,3-,4+,5-;/m.11./s1. The average molecular weight is 992 g/mol. The lowest BCUT2D eigenvalue weighted by Crippen LogP contribution is -2.48. The number of phenols is 1. The van der Waals surface area contributed by atoms with Crippen LogP contribution in [0.25, 0.3) is 0 Å². The third kappa shape index (κ3) is 28.0. The number of anilines is 2. The molecule has 3 rings (SSSR count). The Kier molecular flexibility index (Phi) is 31.3. The summed E-state index contributed by atoms with van der Waals surface area (Å²) in [6, 6.07) is 22.6. The second-order valence-corrected chi connectivity index (χ2v) is 14.5. The van der Waals surface area contributed by atoms with E-state index in [0.29, 0.717) is 40.3 Å². The normalized spacial score (nSPS) is 13.9. The molecule has 8 atom stereocenters. The molecule has 374 valence electrons. The highest BCUT2D eigenvalue weighted by Crippen LogP contribution is 2.14. The minimum atomic E-state index is -2.20. The molecule has 23 N–H and O–H groups in total. The zero-order valence-corrected chi connectivity index (χ0v) is 37.2. The lowest BCUT2D eigenvalue weighted by atomic mass is 10.0. The molecule has 0 heterocycles. The topological polar surface area (TPSA) is 465 Å². The van der Waals surface area contributed by atoms with Crippen molar-refractivity contribution in [2.45, 2.75) is 74.5 Å². The molecule has 0 saturated heterocycles. The van der Waals surface area contributed by atoms with Gasteiger partial charge in [-0.3, -0.25) is 32.3 Å². The largest absolute Gasteiger partial charge is 0.508 e. The van der Waals surface area contributed by atoms with Crippen molar-refractivity contribution in [2.75, 3.05) is 36.9 Å². The summed E-state index contributed by atoms with van der Waals surface area (Å²) in [5.41, 5.74) is 1.42. The first-order chi connectivity index (χ1) is 31.5. The van der Waals surface area contributed by atoms with Crippen LogP contribution in [0.1, 0.15) is 25.7 Å². The van der Waals surface area contributed by atoms with E-state index in [2.05, 4.69) is 31.9 Å². The average Bonchev–Trinajstić information content (AvgIpc) is 3.29. The molecule has 27 heteroatoms. The van der Waals surface area contributed by atoms with Gasteiger partial charge in [0.2, 0.25) is 0 Å². The van der Waals surface area contributed by atoms with E-state index in [1.54, 1.807) is 72.8 Å². The number of aromatic hydroxyl groups is 1. The Morgan fingerprint density at radius 1 is 0.493 bits per heavy atom. The molecule has 0 aliphatic carbocycles. The van der Waals surface area contributed by atoms with Gasteiger partial charge in [0, 0.05) is 34.5 Å². The first-order valence-electron chi connectivity index (χ1n) is 19.8. The predicted molar refractivity (Wildman–Crippen MR) is 247 cm³/mol. The zero-order chi connectivity index (χ0) is 51.1. The second-order valence-electron chi connectivity index (χ2n) is 13.6. The van der Waals surface area contributed by atoms with Crippen LogP contribution >= 0.6 is 23.2 Å². The van der Waals surface area contributed by atoms with Gasteiger partial charge in [-0.1, -0.05) is 54.2 Å². The number of nitrogens with one attached hydrogen (secondary N) is 10. The van der Waals surface area contributed by atoms with E-state index in [0.717, 1.165) is 25.7 Å². The third-order valence-electron chi connectivity index (χ3n) is 8.21. The number of aliphatic hydroxyl groups is 10. The van der Waals surface area contributed by atoms with E-state index in [-0.39, 0.29) is 23.8 Å². The van der Waals surface area contributed by atoms with Crippen LogP contribution in [-0.4, -0.2) is 177 Å². The van der Waals surface area contributed by atoms with Crippen LogP contribution in [0.2, 0.25) is 10.0 Å². The number of unbranched alkanes of at least 4 members (excludes halogenated alkanes) is 3. The fourth-order valence-corrected chi connectivity index (χ4v) is 4.80. The zero-order valence-electron chi connectivity index (χ0n) is 35.7. The molecular formula is C40H60Cl2N10O15. The molecule has 0 unspecified atom stereocenters. The van der Waals surface area contributed by atoms with Crippen LogP contribution in [0.4, 0.5) is 11.4 Å². The van der Waals surface area contributed by atoms with Crippen LogP contribution in [0.3, 0.4) is 0 Å². The Hall–Kier alpha value is -5.94. The van der Waals surface area contributed by atoms with E-state index >= 15 is 0 Å². The Balaban J connectivity index is 0.00000107. The summed E-state index contributed by atoms with van der Waals surface area (Å²) in [6.07, 6.45) is -12.0. The fourth-order valence-electron chi connectivity index (χ4n) is 4.55. The summed E-state index contributed by atoms with van der Waals surface area (Å²) < 4.78 is 0. The number of rotatable bonds is 19. The van der Waals surface area contributed by atoms with Crippen molar-refractivity contribution in [3.05, 3.63) is 88.9 Å². The number of aliphatic carboxylic acids is 2. The highest BCUT2D eigenvalue weighted by molar-refractivity contribution is 6.31. The second kappa shape index (κ2) is 34.4. The highest BCUT2D eigenvalue weighted by Gasteiger charge is 2.34. The molecule has 0 aliphatic rings. The molecule has 25 nitrogen and oxygen atoms in total. The number of guanidine groups is 4. The number of hydrogen-bond acceptors (Lipinski definition) is 17. The maximum Gasteiger partial charge on any atom is 0.335 e. The van der Waals surface area contributed by atoms with Crippen LogP contribution < -0.4 is 31.9 Å². The number of phenolic OH excluding ortho intramolecular Hbond substituents is 1. The number of aliphatic hydroxyl groups excluding tert-OH is 10. The predicted octanol–water partition coefficient (Wildman–Crippen LogP) is -1.42. The number of para-hydroxylation sites is 1. The van der Waals surface area contributed by atoms with Crippen LogP contribution in [-0.2, 0) is 9.59 Å². The minimum absolute atomic E-state index is 0.00148. The molecule has 0 radical (unpaired) electrons. The highest BCUT2D eigenvalue weighted by atomic mass is 35.5. The Labute approximate surface area is 394 Å². The van der Waals surface area contributed by atoms with Crippen molar-refractivity contribution >= 4 is 70.4 Å². The van der Waals surface area contributed by atoms with Gasteiger partial charge in [0.05, 0.1) is 13.2 Å². The number of carboxylic acids is 2. The van der Waals surface area contributed by atoms with Gasteiger partial charge < -0.3 is 87.7 Å². The molecule has 0 bridgehead atoms. The van der Waals surface area contributed by atoms with E-state index in [4.69, 9.17) is 111 Å². The summed E-state index contributed by atoms with van der Waals surface area (Å²) in [5.74, 6) is -3.02. The SMILES string of the molecule is N=C(NCCCCCCNC(=N)NC(=N)Nc1ccc(Cl)cc1)NC(=N)Nc1ccc(Cl)cc1.O=C(O)[C@H](O)[C@@H](O)[C@H](O)[C@H](O)CO.O=C(O)[C@H](O)[C@@H](O)[C@H](O)[C@H](O)CO.Oc1ccccc1. The Bertz CT molecular complexity index is 1790. The summed E-state index contributed by atoms with van der Waals surface area (Å²) in [6.45, 7) is -0.439. The molecule has 0 aliphatic heterocycles. The van der Waals surface area contributed by atoms with Gasteiger partial charge in [-0.2, -0.15) is 0 Å². The van der Waals surface area contributed by atoms with Crippen molar-refractivity contribution < 1.29 is 76.0 Å². The molecule has 0 saturated carbocycles. The smallest absolute Gasteiger partial charge is 0.335 e. The summed E-state index contributed by atoms with van der Waals surface area (Å²) in [4.78, 5) is 20.2. The van der Waals surface area contributed by atoms with E-state index in [1.165, 1.54) is 0 Å². The van der Waals surface area contributed by atoms with Crippen LogP contribution in [0.5, 0.6) is 5.75 Å². The lowest BCUT2D eigenvalue weighted by molar-refractivity contribution is -0.164. The summed E-state index contributed by atoms with van der Waals surface area (Å²) in [5, 5.41) is 162. The van der Waals surface area contributed by atoms with E-state index in [9.17, 15) is 9.59 Å². The van der Waals surface area contributed by atoms with Crippen LogP contribution in [0, 0.1) is 21.6 Å². The van der Waals surface area contributed by atoms with E-state index < -0.39 is 74.0 Å². The van der Waals surface area contributed by atoms with Gasteiger partial charge in [-0.05, 0) is 73.5 Å². The number of hydrogen-bond donors (Lipinski definition) is 23. The minimum Gasteiger partial charge on any atom is -0.508 e. The molecule has 0 spiro atoms. The van der Waals surface area contributed by atoms with Gasteiger partial charge in [0.1, 0.15) is 42.4 Å². The van der Waals surface area contributed by atoms with E-state index in [1.807, 2.05) is 6.07 Å². The fraction of sp³-hybridized carbons (Fsp3) is 0.400. The monoisotopic (exact) mass is 990 g/mol. The maximum atomic E-state index is 10.1. The molecule has 0 amide bonds. The number of halogens is 2. The van der Waals surface area contributed by atoms with Gasteiger partial charge in [-0.15, -0.1) is 0 Å². The van der Waals surface area contributed by atoms with Crippen molar-refractivity contribution in [3.8, 4) is 5.75 Å². The molecular weight excluding hydrogens is 931 g/mol. The lowest BCUT2D eigenvalue weighted by Gasteiger charge is -2.23. The third-order valence-corrected chi connectivity index (χ3v) is 8.71. The van der Waals surface area contributed by atoms with Crippen molar-refractivity contribution in [1.29, 1.82) is 21.6 Å². The van der Waals surface area contributed by atoms with Gasteiger partial charge in [0.15, 0.2) is 36.0 Å². The van der Waals surface area contributed by atoms with Gasteiger partial charge in [-0.25, -0.2) is 9.59 Å². The number of carboxylic acid groups (broad SMARTS) is 2. The molecule has 3 aromatic carbocycles. The molecule has 3 aromatic rings. The maximum absolute atomic E-state index is 10.1. The van der Waals surface area contributed by atoms with Gasteiger partial charge >= 0.3 is 11.9 Å².